The van der Waals surface area contributed by atoms with E-state index in [1.165, 1.54) is 12.1 Å². The fraction of sp³-hybridized carbons (Fsp3) is 0.154. The molecule has 6 nitrogen and oxygen atoms in total. The summed E-state index contributed by atoms with van der Waals surface area (Å²) in [5, 5.41) is 14.4. The fourth-order valence-electron chi connectivity index (χ4n) is 3.63. The molecule has 8 heteroatoms. The molecule has 174 valence electrons. The highest BCUT2D eigenvalue weighted by molar-refractivity contribution is 6.31. The third kappa shape index (κ3) is 5.05. The van der Waals surface area contributed by atoms with Gasteiger partial charge in [-0.3, -0.25) is 4.68 Å². The molecule has 0 amide bonds. The molecule has 34 heavy (non-hydrogen) atoms. The summed E-state index contributed by atoms with van der Waals surface area (Å²) in [6, 6.07) is 19.0. The van der Waals surface area contributed by atoms with Crippen LogP contribution in [-0.2, 0) is 11.3 Å². The van der Waals surface area contributed by atoms with Crippen LogP contribution in [0.25, 0.3) is 22.5 Å². The van der Waals surface area contributed by atoms with Crippen molar-refractivity contribution < 1.29 is 23.8 Å². The molecule has 0 bridgehead atoms. The number of carboxylic acids is 1. The molecule has 0 unspecified atom stereocenters. The van der Waals surface area contributed by atoms with Crippen LogP contribution in [0, 0.1) is 12.7 Å². The molecule has 1 aromatic heterocycles. The van der Waals surface area contributed by atoms with Crippen molar-refractivity contribution in [3.63, 3.8) is 0 Å². The van der Waals surface area contributed by atoms with Gasteiger partial charge in [0.15, 0.2) is 6.61 Å². The molecule has 0 aliphatic rings. The number of hydrogen-bond acceptors (Lipinski definition) is 4. The van der Waals surface area contributed by atoms with Crippen molar-refractivity contribution in [2.45, 2.75) is 13.5 Å². The average molecular weight is 481 g/mol. The quantitative estimate of drug-likeness (QED) is 0.343. The van der Waals surface area contributed by atoms with E-state index in [1.807, 2.05) is 37.3 Å². The second-order valence-corrected chi connectivity index (χ2v) is 8.08. The second-order valence-electron chi connectivity index (χ2n) is 7.67. The third-order valence-electron chi connectivity index (χ3n) is 5.32. The van der Waals surface area contributed by atoms with Crippen molar-refractivity contribution in [3.8, 4) is 34.0 Å². The number of carboxylic acid groups (broad SMARTS) is 1. The van der Waals surface area contributed by atoms with Crippen molar-refractivity contribution in [1.29, 1.82) is 0 Å². The zero-order valence-corrected chi connectivity index (χ0v) is 19.3. The summed E-state index contributed by atoms with van der Waals surface area (Å²) in [4.78, 5) is 11.1. The molecule has 1 heterocycles. The molecule has 0 atom stereocenters. The van der Waals surface area contributed by atoms with E-state index in [1.54, 1.807) is 36.1 Å². The Morgan fingerprint density at radius 3 is 2.53 bits per heavy atom. The maximum atomic E-state index is 13.6. The highest BCUT2D eigenvalue weighted by Gasteiger charge is 2.18. The molecule has 0 aliphatic carbocycles. The zero-order chi connectivity index (χ0) is 24.2. The number of para-hydroxylation sites is 1. The third-order valence-corrected chi connectivity index (χ3v) is 5.73. The first-order valence-corrected chi connectivity index (χ1v) is 10.8. The van der Waals surface area contributed by atoms with Crippen molar-refractivity contribution in [2.24, 2.45) is 0 Å². The Bertz CT molecular complexity index is 1340. The first-order valence-electron chi connectivity index (χ1n) is 10.5. The molecule has 4 aromatic rings. The largest absolute Gasteiger partial charge is 0.496 e. The van der Waals surface area contributed by atoms with Gasteiger partial charge >= 0.3 is 5.97 Å². The van der Waals surface area contributed by atoms with Crippen molar-refractivity contribution >= 4 is 17.6 Å². The molecule has 1 N–H and O–H groups in total. The van der Waals surface area contributed by atoms with Crippen molar-refractivity contribution in [3.05, 3.63) is 88.7 Å². The van der Waals surface area contributed by atoms with Gasteiger partial charge in [-0.15, -0.1) is 0 Å². The van der Waals surface area contributed by atoms with E-state index in [4.69, 9.17) is 31.3 Å². The Labute approximate surface area is 201 Å². The smallest absolute Gasteiger partial charge is 0.341 e. The maximum Gasteiger partial charge on any atom is 0.341 e. The number of halogens is 2. The van der Waals surface area contributed by atoms with Crippen LogP contribution in [0.15, 0.2) is 66.7 Å². The van der Waals surface area contributed by atoms with Gasteiger partial charge in [-0.05, 0) is 61.0 Å². The van der Waals surface area contributed by atoms with Gasteiger partial charge in [-0.1, -0.05) is 29.8 Å². The lowest BCUT2D eigenvalue weighted by atomic mass is 10.1. The number of aliphatic carboxylic acids is 1. The van der Waals surface area contributed by atoms with Gasteiger partial charge in [0.2, 0.25) is 0 Å². The predicted molar refractivity (Wildman–Crippen MR) is 128 cm³/mol. The Balaban J connectivity index is 1.85. The summed E-state index contributed by atoms with van der Waals surface area (Å²) in [6.45, 7) is 1.70. The first kappa shape index (κ1) is 23.3. The Morgan fingerprint density at radius 1 is 1.09 bits per heavy atom. The summed E-state index contributed by atoms with van der Waals surface area (Å²) in [5.74, 6) is -0.355. The molecular formula is C26H22ClFN2O4. The standard InChI is InChI=1S/C26H22ClFN2O4/c1-16-11-25(34-15-26(31)32)20(12-21(16)27)22-13-23(17-7-9-19(28)10-8-17)30(29-22)14-18-5-3-4-6-24(18)33-2/h3-13H,14-15H2,1-2H3,(H,31,32). The zero-order valence-electron chi connectivity index (χ0n) is 18.6. The number of aryl methyl sites for hydroxylation is 1. The van der Waals surface area contributed by atoms with Crippen molar-refractivity contribution in [1.82, 2.24) is 9.78 Å². The maximum absolute atomic E-state index is 13.6. The van der Waals surface area contributed by atoms with Crippen LogP contribution >= 0.6 is 11.6 Å². The van der Waals surface area contributed by atoms with Gasteiger partial charge < -0.3 is 14.6 Å². The Hall–Kier alpha value is -3.84. The van der Waals surface area contributed by atoms with Gasteiger partial charge in [0, 0.05) is 21.7 Å². The molecule has 0 radical (unpaired) electrons. The van der Waals surface area contributed by atoms with Gasteiger partial charge in [0.25, 0.3) is 0 Å². The van der Waals surface area contributed by atoms with E-state index in [0.717, 1.165) is 22.4 Å². The SMILES string of the molecule is COc1ccccc1Cn1nc(-c2cc(Cl)c(C)cc2OCC(=O)O)cc1-c1ccc(F)cc1. The number of benzene rings is 3. The van der Waals surface area contributed by atoms with E-state index in [9.17, 15) is 9.18 Å². The number of aromatic nitrogens is 2. The number of nitrogens with zero attached hydrogens (tertiary/aromatic N) is 2. The lowest BCUT2D eigenvalue weighted by Crippen LogP contribution is -2.10. The molecule has 4 rings (SSSR count). The van der Waals surface area contributed by atoms with Gasteiger partial charge in [0.05, 0.1) is 25.0 Å². The number of rotatable bonds is 8. The van der Waals surface area contributed by atoms with Crippen LogP contribution in [0.4, 0.5) is 4.39 Å². The van der Waals surface area contributed by atoms with E-state index < -0.39 is 12.6 Å². The summed E-state index contributed by atoms with van der Waals surface area (Å²) in [7, 11) is 1.61. The lowest BCUT2D eigenvalue weighted by Gasteiger charge is -2.12. The summed E-state index contributed by atoms with van der Waals surface area (Å²) in [5.41, 5.74) is 4.25. The van der Waals surface area contributed by atoms with Crippen LogP contribution in [0.3, 0.4) is 0 Å². The van der Waals surface area contributed by atoms with Crippen molar-refractivity contribution in [2.75, 3.05) is 13.7 Å². The summed E-state index contributed by atoms with van der Waals surface area (Å²) < 4.78 is 26.4. The molecule has 0 aliphatic heterocycles. The normalized spacial score (nSPS) is 10.8. The van der Waals surface area contributed by atoms with Gasteiger partial charge in [-0.25, -0.2) is 9.18 Å². The van der Waals surface area contributed by atoms with Gasteiger partial charge in [-0.2, -0.15) is 5.10 Å². The summed E-state index contributed by atoms with van der Waals surface area (Å²) >= 11 is 6.38. The number of methoxy groups -OCH3 is 1. The molecule has 0 fully saturated rings. The highest BCUT2D eigenvalue weighted by Crippen LogP contribution is 2.36. The van der Waals surface area contributed by atoms with Crippen LogP contribution in [0.5, 0.6) is 11.5 Å². The number of ether oxygens (including phenoxy) is 2. The van der Waals surface area contributed by atoms with Crippen LogP contribution in [-0.4, -0.2) is 34.6 Å². The van der Waals surface area contributed by atoms with E-state index in [0.29, 0.717) is 34.3 Å². The van der Waals surface area contributed by atoms with Crippen LogP contribution in [0.1, 0.15) is 11.1 Å². The molecular weight excluding hydrogens is 459 g/mol. The van der Waals surface area contributed by atoms with E-state index in [-0.39, 0.29) is 5.82 Å². The minimum absolute atomic E-state index is 0.338. The van der Waals surface area contributed by atoms with Crippen LogP contribution < -0.4 is 9.47 Å². The molecule has 0 saturated carbocycles. The van der Waals surface area contributed by atoms with E-state index in [2.05, 4.69) is 0 Å². The average Bonchev–Trinajstić information content (AvgIpc) is 3.23. The Morgan fingerprint density at radius 2 is 1.82 bits per heavy atom. The minimum atomic E-state index is -1.09. The molecule has 0 saturated heterocycles. The molecule has 0 spiro atoms. The number of hydrogen-bond donors (Lipinski definition) is 1. The monoisotopic (exact) mass is 480 g/mol. The fourth-order valence-corrected chi connectivity index (χ4v) is 3.79. The number of carbonyl (C=O) groups is 1. The first-order chi connectivity index (χ1) is 16.4. The molecule has 3 aromatic carbocycles. The Kier molecular flexibility index (Phi) is 6.84. The topological polar surface area (TPSA) is 73.6 Å². The van der Waals surface area contributed by atoms with E-state index >= 15 is 0 Å². The highest BCUT2D eigenvalue weighted by atomic mass is 35.5. The summed E-state index contributed by atoms with van der Waals surface area (Å²) in [6.07, 6.45) is 0. The minimum Gasteiger partial charge on any atom is -0.496 e. The van der Waals surface area contributed by atoms with Gasteiger partial charge in [0.1, 0.15) is 17.3 Å². The van der Waals surface area contributed by atoms with Crippen LogP contribution in [0.2, 0.25) is 5.02 Å². The predicted octanol–water partition coefficient (Wildman–Crippen LogP) is 5.84. The second kappa shape index (κ2) is 9.97. The lowest BCUT2D eigenvalue weighted by molar-refractivity contribution is -0.139.